The van der Waals surface area contributed by atoms with Crippen LogP contribution in [0.4, 0.5) is 0 Å². The Hall–Kier alpha value is -1.81. The molecule has 20 heavy (non-hydrogen) atoms. The lowest BCUT2D eigenvalue weighted by molar-refractivity contribution is -0.136. The molecular weight excluding hydrogens is 250 g/mol. The molecule has 4 nitrogen and oxygen atoms in total. The highest BCUT2D eigenvalue weighted by Crippen LogP contribution is 2.32. The Kier molecular flexibility index (Phi) is 3.49. The number of piperidine rings is 1. The summed E-state index contributed by atoms with van der Waals surface area (Å²) in [6, 6.07) is 10.1. The van der Waals surface area contributed by atoms with Crippen LogP contribution in [0.15, 0.2) is 30.3 Å². The van der Waals surface area contributed by atoms with Gasteiger partial charge in [0.15, 0.2) is 0 Å². The van der Waals surface area contributed by atoms with E-state index in [0.29, 0.717) is 0 Å². The maximum Gasteiger partial charge on any atom is 0.239 e. The van der Waals surface area contributed by atoms with Crippen molar-refractivity contribution < 1.29 is 4.79 Å². The minimum Gasteiger partial charge on any atom is -0.357 e. The third kappa shape index (κ3) is 2.31. The molecule has 2 atom stereocenters. The van der Waals surface area contributed by atoms with Gasteiger partial charge in [-0.2, -0.15) is 0 Å². The zero-order chi connectivity index (χ0) is 14.1. The Balaban J connectivity index is 1.94. The number of amides is 1. The van der Waals surface area contributed by atoms with Gasteiger partial charge in [0.1, 0.15) is 0 Å². The number of rotatable bonds is 2. The van der Waals surface area contributed by atoms with Gasteiger partial charge < -0.3 is 15.6 Å². The molecule has 0 radical (unpaired) electrons. The van der Waals surface area contributed by atoms with Crippen LogP contribution in [0.2, 0.25) is 0 Å². The maximum atomic E-state index is 12.3. The van der Waals surface area contributed by atoms with Crippen molar-refractivity contribution in [3.63, 3.8) is 0 Å². The zero-order valence-electron chi connectivity index (χ0n) is 11.8. The van der Waals surface area contributed by atoms with E-state index in [9.17, 15) is 4.79 Å². The summed E-state index contributed by atoms with van der Waals surface area (Å²) in [5.41, 5.74) is 8.03. The van der Waals surface area contributed by atoms with Crippen molar-refractivity contribution >= 4 is 16.8 Å². The summed E-state index contributed by atoms with van der Waals surface area (Å²) < 4.78 is 0. The largest absolute Gasteiger partial charge is 0.357 e. The summed E-state index contributed by atoms with van der Waals surface area (Å²) in [5, 5.41) is 1.20. The quantitative estimate of drug-likeness (QED) is 0.881. The predicted molar refractivity (Wildman–Crippen MR) is 80.3 cm³/mol. The van der Waals surface area contributed by atoms with Gasteiger partial charge in [-0.05, 0) is 43.7 Å². The first-order chi connectivity index (χ1) is 9.66. The van der Waals surface area contributed by atoms with Gasteiger partial charge in [-0.1, -0.05) is 18.2 Å². The van der Waals surface area contributed by atoms with Gasteiger partial charge in [0.2, 0.25) is 5.91 Å². The molecule has 4 heteroatoms. The molecule has 1 unspecified atom stereocenters. The molecule has 0 aliphatic carbocycles. The van der Waals surface area contributed by atoms with Crippen molar-refractivity contribution in [3.05, 3.63) is 36.0 Å². The fourth-order valence-electron chi connectivity index (χ4n) is 3.06. The number of benzene rings is 1. The molecular formula is C16H21N3O. The standard InChI is InChI=1S/C16H21N3O/c1-11(17)16(20)19-9-5-4-8-15(19)14-10-12-6-2-3-7-13(12)18-14/h2-3,6-7,10-11,15,18H,4-5,8-9,17H2,1H3/t11-,15?/m1/s1. The number of likely N-dealkylation sites (tertiary alicyclic amines) is 1. The number of aromatic nitrogens is 1. The van der Waals surface area contributed by atoms with Crippen LogP contribution in [-0.2, 0) is 4.79 Å². The van der Waals surface area contributed by atoms with Crippen LogP contribution in [0.25, 0.3) is 10.9 Å². The average Bonchev–Trinajstić information content (AvgIpc) is 2.90. The first-order valence-corrected chi connectivity index (χ1v) is 7.30. The van der Waals surface area contributed by atoms with Crippen LogP contribution in [0.3, 0.4) is 0 Å². The van der Waals surface area contributed by atoms with Gasteiger partial charge in [-0.3, -0.25) is 4.79 Å². The SMILES string of the molecule is C[C@@H](N)C(=O)N1CCCCC1c1cc2ccccc2[nH]1. The summed E-state index contributed by atoms with van der Waals surface area (Å²) in [4.78, 5) is 17.7. The monoisotopic (exact) mass is 271 g/mol. The first-order valence-electron chi connectivity index (χ1n) is 7.30. The van der Waals surface area contributed by atoms with Crippen molar-refractivity contribution in [2.45, 2.75) is 38.3 Å². The zero-order valence-corrected chi connectivity index (χ0v) is 11.8. The second kappa shape index (κ2) is 5.29. The predicted octanol–water partition coefficient (Wildman–Crippen LogP) is 2.57. The van der Waals surface area contributed by atoms with Crippen LogP contribution >= 0.6 is 0 Å². The number of nitrogens with two attached hydrogens (primary N) is 1. The van der Waals surface area contributed by atoms with Gasteiger partial charge in [0.25, 0.3) is 0 Å². The van der Waals surface area contributed by atoms with Crippen LogP contribution in [-0.4, -0.2) is 28.4 Å². The van der Waals surface area contributed by atoms with E-state index in [-0.39, 0.29) is 11.9 Å². The fourth-order valence-corrected chi connectivity index (χ4v) is 3.06. The molecule has 2 aromatic rings. The molecule has 1 saturated heterocycles. The number of hydrogen-bond acceptors (Lipinski definition) is 2. The average molecular weight is 271 g/mol. The summed E-state index contributed by atoms with van der Waals surface area (Å²) in [5.74, 6) is 0.0494. The third-order valence-electron chi connectivity index (χ3n) is 4.09. The van der Waals surface area contributed by atoms with Crippen LogP contribution in [0.1, 0.15) is 37.9 Å². The molecule has 3 N–H and O–H groups in total. The number of carbonyl (C=O) groups is 1. The summed E-state index contributed by atoms with van der Waals surface area (Å²) >= 11 is 0. The molecule has 1 aliphatic rings. The highest BCUT2D eigenvalue weighted by Gasteiger charge is 2.30. The molecule has 3 rings (SSSR count). The Morgan fingerprint density at radius 2 is 2.20 bits per heavy atom. The lowest BCUT2D eigenvalue weighted by Gasteiger charge is -2.36. The van der Waals surface area contributed by atoms with Crippen LogP contribution in [0, 0.1) is 0 Å². The molecule has 1 aromatic heterocycles. The Morgan fingerprint density at radius 1 is 1.40 bits per heavy atom. The normalized spacial score (nSPS) is 21.1. The lowest BCUT2D eigenvalue weighted by Crippen LogP contribution is -2.46. The minimum absolute atomic E-state index is 0.0494. The Morgan fingerprint density at radius 3 is 2.95 bits per heavy atom. The molecule has 106 valence electrons. The molecule has 1 amide bonds. The number of H-pyrrole nitrogens is 1. The molecule has 1 fully saturated rings. The molecule has 1 aromatic carbocycles. The van der Waals surface area contributed by atoms with Crippen molar-refractivity contribution in [2.75, 3.05) is 6.54 Å². The topological polar surface area (TPSA) is 62.1 Å². The number of nitrogens with one attached hydrogen (secondary N) is 1. The summed E-state index contributed by atoms with van der Waals surface area (Å²) in [7, 11) is 0. The smallest absolute Gasteiger partial charge is 0.239 e. The van der Waals surface area contributed by atoms with E-state index in [1.54, 1.807) is 6.92 Å². The second-order valence-electron chi connectivity index (χ2n) is 5.64. The third-order valence-corrected chi connectivity index (χ3v) is 4.09. The summed E-state index contributed by atoms with van der Waals surface area (Å²) in [6.07, 6.45) is 3.23. The van der Waals surface area contributed by atoms with Crippen LogP contribution in [0.5, 0.6) is 0 Å². The second-order valence-corrected chi connectivity index (χ2v) is 5.64. The number of carbonyl (C=O) groups excluding carboxylic acids is 1. The minimum atomic E-state index is -0.431. The van der Waals surface area contributed by atoms with E-state index in [4.69, 9.17) is 5.73 Å². The van der Waals surface area contributed by atoms with Crippen molar-refractivity contribution in [3.8, 4) is 0 Å². The van der Waals surface area contributed by atoms with E-state index < -0.39 is 6.04 Å². The molecule has 0 bridgehead atoms. The number of hydrogen-bond donors (Lipinski definition) is 2. The van der Waals surface area contributed by atoms with Gasteiger partial charge in [-0.15, -0.1) is 0 Å². The van der Waals surface area contributed by atoms with Gasteiger partial charge in [0, 0.05) is 17.8 Å². The van der Waals surface area contributed by atoms with Crippen molar-refractivity contribution in [2.24, 2.45) is 5.73 Å². The molecule has 2 heterocycles. The van der Waals surface area contributed by atoms with E-state index in [1.165, 1.54) is 5.39 Å². The van der Waals surface area contributed by atoms with E-state index in [0.717, 1.165) is 37.0 Å². The van der Waals surface area contributed by atoms with E-state index >= 15 is 0 Å². The Labute approximate surface area is 118 Å². The number of fused-ring (bicyclic) bond motifs is 1. The van der Waals surface area contributed by atoms with Crippen LogP contribution < -0.4 is 5.73 Å². The van der Waals surface area contributed by atoms with Gasteiger partial charge >= 0.3 is 0 Å². The Bertz CT molecular complexity index is 584. The molecule has 1 aliphatic heterocycles. The lowest BCUT2D eigenvalue weighted by atomic mass is 9.98. The van der Waals surface area contributed by atoms with E-state index in [1.807, 2.05) is 17.0 Å². The molecule has 0 saturated carbocycles. The number of aromatic amines is 1. The van der Waals surface area contributed by atoms with Crippen molar-refractivity contribution in [1.29, 1.82) is 0 Å². The highest BCUT2D eigenvalue weighted by atomic mass is 16.2. The van der Waals surface area contributed by atoms with Gasteiger partial charge in [-0.25, -0.2) is 0 Å². The van der Waals surface area contributed by atoms with E-state index in [2.05, 4.69) is 23.2 Å². The first kappa shape index (κ1) is 13.2. The molecule has 0 spiro atoms. The number of para-hydroxylation sites is 1. The fraction of sp³-hybridized carbons (Fsp3) is 0.438. The van der Waals surface area contributed by atoms with Gasteiger partial charge in [0.05, 0.1) is 12.1 Å². The van der Waals surface area contributed by atoms with Crippen molar-refractivity contribution in [1.82, 2.24) is 9.88 Å². The number of nitrogens with zero attached hydrogens (tertiary/aromatic N) is 1. The highest BCUT2D eigenvalue weighted by molar-refractivity contribution is 5.83. The summed E-state index contributed by atoms with van der Waals surface area (Å²) in [6.45, 7) is 2.57. The maximum absolute atomic E-state index is 12.3.